The molecule has 0 saturated heterocycles. The third kappa shape index (κ3) is 6.55. The maximum atomic E-state index is 11.9. The van der Waals surface area contributed by atoms with Crippen molar-refractivity contribution >= 4 is 10.0 Å². The molecule has 0 amide bonds. The van der Waals surface area contributed by atoms with Crippen LogP contribution in [0.5, 0.6) is 0 Å². The molecule has 0 aliphatic carbocycles. The van der Waals surface area contributed by atoms with Gasteiger partial charge in [-0.2, -0.15) is 13.2 Å². The van der Waals surface area contributed by atoms with Crippen LogP contribution in [0.3, 0.4) is 0 Å². The molecule has 0 aromatic heterocycles. The number of alkyl halides is 3. The van der Waals surface area contributed by atoms with Gasteiger partial charge in [0.15, 0.2) is 0 Å². The van der Waals surface area contributed by atoms with Crippen molar-refractivity contribution in [2.75, 3.05) is 12.3 Å². The zero-order chi connectivity index (χ0) is 14.4. The van der Waals surface area contributed by atoms with Crippen LogP contribution in [0.25, 0.3) is 0 Å². The third-order valence-corrected chi connectivity index (χ3v) is 4.56. The first-order valence-corrected chi connectivity index (χ1v) is 7.53. The van der Waals surface area contributed by atoms with E-state index in [1.165, 1.54) is 0 Å². The Balaban J connectivity index is 4.47. The molecule has 4 nitrogen and oxygen atoms in total. The summed E-state index contributed by atoms with van der Waals surface area (Å²) in [6, 6.07) is 0. The molecule has 0 spiro atoms. The van der Waals surface area contributed by atoms with Gasteiger partial charge >= 0.3 is 6.18 Å². The number of nitrogens with two attached hydrogens (primary N) is 1. The average Bonchev–Trinajstić information content (AvgIpc) is 2.24. The summed E-state index contributed by atoms with van der Waals surface area (Å²) in [5.74, 6) is -0.533. The normalized spacial score (nSPS) is 13.9. The molecule has 110 valence electrons. The summed E-state index contributed by atoms with van der Waals surface area (Å²) in [5, 5.41) is 0. The molecule has 0 aliphatic heterocycles. The lowest BCUT2D eigenvalue weighted by Gasteiger charge is -2.31. The Morgan fingerprint density at radius 3 is 2.00 bits per heavy atom. The number of rotatable bonds is 8. The van der Waals surface area contributed by atoms with E-state index < -0.39 is 40.3 Å². The van der Waals surface area contributed by atoms with Gasteiger partial charge in [0.25, 0.3) is 0 Å². The maximum absolute atomic E-state index is 11.9. The van der Waals surface area contributed by atoms with Crippen LogP contribution in [0, 0.1) is 0 Å². The van der Waals surface area contributed by atoms with Gasteiger partial charge in [-0.1, -0.05) is 13.8 Å². The first-order chi connectivity index (χ1) is 8.10. The van der Waals surface area contributed by atoms with Gasteiger partial charge < -0.3 is 5.73 Å². The Kier molecular flexibility index (Phi) is 6.59. The molecule has 0 radical (unpaired) electrons. The molecule has 0 rings (SSSR count). The van der Waals surface area contributed by atoms with Crippen molar-refractivity contribution in [3.63, 3.8) is 0 Å². The molecule has 0 atom stereocenters. The first kappa shape index (κ1) is 17.7. The molecule has 0 aromatic rings. The van der Waals surface area contributed by atoms with Gasteiger partial charge in [-0.3, -0.25) is 0 Å². The fraction of sp³-hybridized carbons (Fsp3) is 1.00. The van der Waals surface area contributed by atoms with Crippen LogP contribution in [0.1, 0.15) is 39.5 Å². The number of nitrogens with one attached hydrogen (secondary N) is 1. The summed E-state index contributed by atoms with van der Waals surface area (Å²) < 4.78 is 61.6. The van der Waals surface area contributed by atoms with E-state index in [4.69, 9.17) is 5.73 Å². The standard InChI is InChI=1S/C10H21F3N2O2S/c1-3-9(4-2,8-14)15-18(16,17)7-5-6-10(11,12)13/h15H,3-8,14H2,1-2H3. The second-order valence-corrected chi connectivity index (χ2v) is 6.17. The van der Waals surface area contributed by atoms with Crippen molar-refractivity contribution in [2.24, 2.45) is 5.73 Å². The molecule has 0 fully saturated rings. The minimum atomic E-state index is -4.32. The van der Waals surface area contributed by atoms with Crippen LogP contribution in [-0.2, 0) is 10.0 Å². The van der Waals surface area contributed by atoms with Gasteiger partial charge in [0.2, 0.25) is 10.0 Å². The minimum Gasteiger partial charge on any atom is -0.329 e. The quantitative estimate of drug-likeness (QED) is 0.715. The Labute approximate surface area is 106 Å². The lowest BCUT2D eigenvalue weighted by Crippen LogP contribution is -2.53. The Morgan fingerprint density at radius 1 is 1.17 bits per heavy atom. The number of halogens is 3. The zero-order valence-corrected chi connectivity index (χ0v) is 11.5. The molecule has 0 saturated carbocycles. The van der Waals surface area contributed by atoms with Crippen LogP contribution >= 0.6 is 0 Å². The largest absolute Gasteiger partial charge is 0.389 e. The summed E-state index contributed by atoms with van der Waals surface area (Å²) in [6.45, 7) is 3.70. The van der Waals surface area contributed by atoms with Crippen molar-refractivity contribution in [2.45, 2.75) is 51.2 Å². The highest BCUT2D eigenvalue weighted by Gasteiger charge is 2.31. The van der Waals surface area contributed by atoms with Gasteiger partial charge in [-0.05, 0) is 19.3 Å². The van der Waals surface area contributed by atoms with Crippen LogP contribution < -0.4 is 10.5 Å². The monoisotopic (exact) mass is 290 g/mol. The predicted molar refractivity (Wildman–Crippen MR) is 64.6 cm³/mol. The van der Waals surface area contributed by atoms with Gasteiger partial charge in [-0.25, -0.2) is 13.1 Å². The first-order valence-electron chi connectivity index (χ1n) is 5.88. The number of sulfonamides is 1. The Bertz CT molecular complexity index is 329. The smallest absolute Gasteiger partial charge is 0.329 e. The fourth-order valence-corrected chi connectivity index (χ4v) is 3.23. The van der Waals surface area contributed by atoms with E-state index in [-0.39, 0.29) is 6.54 Å². The molecule has 3 N–H and O–H groups in total. The summed E-state index contributed by atoms with van der Waals surface area (Å²) in [4.78, 5) is 0. The number of hydrogen-bond donors (Lipinski definition) is 2. The summed E-state index contributed by atoms with van der Waals surface area (Å²) in [6.07, 6.45) is -4.86. The van der Waals surface area contributed by atoms with E-state index in [1.54, 1.807) is 13.8 Å². The molecule has 8 heteroatoms. The average molecular weight is 290 g/mol. The summed E-state index contributed by atoms with van der Waals surface area (Å²) >= 11 is 0. The van der Waals surface area contributed by atoms with Gasteiger partial charge in [-0.15, -0.1) is 0 Å². The van der Waals surface area contributed by atoms with Crippen molar-refractivity contribution in [3.8, 4) is 0 Å². The number of hydrogen-bond acceptors (Lipinski definition) is 3. The SMILES string of the molecule is CCC(CC)(CN)NS(=O)(=O)CCCC(F)(F)F. The van der Waals surface area contributed by atoms with Crippen molar-refractivity contribution < 1.29 is 21.6 Å². The molecule has 0 unspecified atom stereocenters. The summed E-state index contributed by atoms with van der Waals surface area (Å²) in [7, 11) is -3.73. The molecule has 0 aliphatic rings. The predicted octanol–water partition coefficient (Wildman–Crippen LogP) is 1.77. The van der Waals surface area contributed by atoms with Crippen LogP contribution in [0.4, 0.5) is 13.2 Å². The van der Waals surface area contributed by atoms with Crippen molar-refractivity contribution in [1.82, 2.24) is 4.72 Å². The topological polar surface area (TPSA) is 72.2 Å². The molecule has 18 heavy (non-hydrogen) atoms. The van der Waals surface area contributed by atoms with E-state index in [2.05, 4.69) is 4.72 Å². The van der Waals surface area contributed by atoms with Crippen LogP contribution in [0.2, 0.25) is 0 Å². The van der Waals surface area contributed by atoms with Crippen LogP contribution in [-0.4, -0.2) is 32.4 Å². The molecule has 0 bridgehead atoms. The van der Waals surface area contributed by atoms with Crippen molar-refractivity contribution in [1.29, 1.82) is 0 Å². The molecule has 0 heterocycles. The minimum absolute atomic E-state index is 0.124. The molecular formula is C10H21F3N2O2S. The summed E-state index contributed by atoms with van der Waals surface area (Å²) in [5.41, 5.74) is 4.77. The zero-order valence-electron chi connectivity index (χ0n) is 10.7. The highest BCUT2D eigenvalue weighted by atomic mass is 32.2. The Morgan fingerprint density at radius 2 is 1.67 bits per heavy atom. The van der Waals surface area contributed by atoms with E-state index in [9.17, 15) is 21.6 Å². The third-order valence-electron chi connectivity index (χ3n) is 2.99. The highest BCUT2D eigenvalue weighted by Crippen LogP contribution is 2.22. The second kappa shape index (κ2) is 6.72. The molecular weight excluding hydrogens is 269 g/mol. The Hall–Kier alpha value is -0.340. The lowest BCUT2D eigenvalue weighted by atomic mass is 9.95. The van der Waals surface area contributed by atoms with Gasteiger partial charge in [0.1, 0.15) is 0 Å². The lowest BCUT2D eigenvalue weighted by molar-refractivity contribution is -0.134. The van der Waals surface area contributed by atoms with Gasteiger partial charge in [0.05, 0.1) is 5.75 Å². The van der Waals surface area contributed by atoms with Crippen molar-refractivity contribution in [3.05, 3.63) is 0 Å². The van der Waals surface area contributed by atoms with Gasteiger partial charge in [0, 0.05) is 18.5 Å². The van der Waals surface area contributed by atoms with E-state index in [0.717, 1.165) is 0 Å². The molecule has 0 aromatic carbocycles. The maximum Gasteiger partial charge on any atom is 0.389 e. The second-order valence-electron chi connectivity index (χ2n) is 4.33. The van der Waals surface area contributed by atoms with E-state index >= 15 is 0 Å². The highest BCUT2D eigenvalue weighted by molar-refractivity contribution is 7.89. The van der Waals surface area contributed by atoms with E-state index in [1.807, 2.05) is 0 Å². The fourth-order valence-electron chi connectivity index (χ4n) is 1.57. The van der Waals surface area contributed by atoms with E-state index in [0.29, 0.717) is 12.8 Å². The van der Waals surface area contributed by atoms with Crippen LogP contribution in [0.15, 0.2) is 0 Å².